The molecule has 3 amide bonds. The highest BCUT2D eigenvalue weighted by atomic mass is 16.6. The predicted octanol–water partition coefficient (Wildman–Crippen LogP) is 5.37. The Labute approximate surface area is 290 Å². The largest absolute Gasteiger partial charge is 0.458 e. The van der Waals surface area contributed by atoms with Crippen molar-refractivity contribution in [1.82, 2.24) is 15.5 Å². The van der Waals surface area contributed by atoms with Gasteiger partial charge < -0.3 is 30.1 Å². The van der Waals surface area contributed by atoms with Gasteiger partial charge in [-0.15, -0.1) is 0 Å². The van der Waals surface area contributed by atoms with Crippen LogP contribution in [0.2, 0.25) is 0 Å². The normalized spacial score (nSPS) is 13.4. The van der Waals surface area contributed by atoms with E-state index in [-0.39, 0.29) is 19.4 Å². The smallest absolute Gasteiger partial charge is 0.408 e. The highest BCUT2D eigenvalue weighted by Gasteiger charge is 2.39. The molecule has 3 rings (SSSR count). The van der Waals surface area contributed by atoms with Crippen molar-refractivity contribution >= 4 is 23.9 Å². The lowest BCUT2D eigenvalue weighted by Crippen LogP contribution is -2.56. The number of aliphatic hydroxyl groups excluding tert-OH is 1. The van der Waals surface area contributed by atoms with Crippen molar-refractivity contribution in [2.45, 2.75) is 97.6 Å². The third-order valence-corrected chi connectivity index (χ3v) is 7.47. The Morgan fingerprint density at radius 1 is 0.735 bits per heavy atom. The summed E-state index contributed by atoms with van der Waals surface area (Å²) in [6.07, 6.45) is -0.561. The fraction of sp³-hybridized carbons (Fsp3) is 0.436. The summed E-state index contributed by atoms with van der Waals surface area (Å²) >= 11 is 0. The van der Waals surface area contributed by atoms with Crippen LogP contribution in [-0.4, -0.2) is 70.3 Å². The molecule has 0 radical (unpaired) electrons. The van der Waals surface area contributed by atoms with Crippen LogP contribution in [0.1, 0.15) is 75.4 Å². The standard InChI is InChI=1S/C39H51N3O7/c1-26-19-20-30(27(2)23-26)33(34(44)40-32(36(46)48-38(3,4)5)25-29-17-13-10-14-18-29)42(21-22-43)35(45)31(24-28-15-11-9-12-16-28)41-37(47)49-39(6,7)8/h9-20,23,31-33,43H,21-22,24-25H2,1-8H3,(H,40,44)(H,41,47). The lowest BCUT2D eigenvalue weighted by molar-refractivity contribution is -0.159. The van der Waals surface area contributed by atoms with E-state index < -0.39 is 59.8 Å². The monoisotopic (exact) mass is 673 g/mol. The van der Waals surface area contributed by atoms with Crippen LogP contribution in [0.4, 0.5) is 4.79 Å². The van der Waals surface area contributed by atoms with Crippen LogP contribution in [-0.2, 0) is 36.7 Å². The van der Waals surface area contributed by atoms with Crippen molar-refractivity contribution in [3.05, 3.63) is 107 Å². The van der Waals surface area contributed by atoms with Crippen LogP contribution < -0.4 is 10.6 Å². The number of hydrogen-bond donors (Lipinski definition) is 3. The van der Waals surface area contributed by atoms with Gasteiger partial charge in [-0.25, -0.2) is 9.59 Å². The van der Waals surface area contributed by atoms with Crippen molar-refractivity contribution in [2.24, 2.45) is 0 Å². The molecule has 0 bridgehead atoms. The van der Waals surface area contributed by atoms with Gasteiger partial charge in [0.15, 0.2) is 0 Å². The van der Waals surface area contributed by atoms with Crippen LogP contribution in [0.15, 0.2) is 78.9 Å². The molecule has 0 aliphatic rings. The van der Waals surface area contributed by atoms with E-state index >= 15 is 0 Å². The van der Waals surface area contributed by atoms with Crippen molar-refractivity contribution < 1.29 is 33.8 Å². The van der Waals surface area contributed by atoms with E-state index in [1.54, 1.807) is 47.6 Å². The van der Waals surface area contributed by atoms with E-state index in [1.807, 2.05) is 86.6 Å². The molecule has 0 aliphatic carbocycles. The lowest BCUT2D eigenvalue weighted by Gasteiger charge is -2.35. The van der Waals surface area contributed by atoms with Gasteiger partial charge in [0.1, 0.15) is 29.3 Å². The summed E-state index contributed by atoms with van der Waals surface area (Å²) in [7, 11) is 0. The lowest BCUT2D eigenvalue weighted by atomic mass is 9.95. The van der Waals surface area contributed by atoms with Gasteiger partial charge in [0.05, 0.1) is 6.61 Å². The average molecular weight is 674 g/mol. The summed E-state index contributed by atoms with van der Waals surface area (Å²) < 4.78 is 11.2. The molecule has 3 aromatic carbocycles. The van der Waals surface area contributed by atoms with E-state index in [2.05, 4.69) is 10.6 Å². The molecule has 0 saturated carbocycles. The third kappa shape index (κ3) is 12.4. The number of nitrogens with zero attached hydrogens (tertiary/aromatic N) is 1. The van der Waals surface area contributed by atoms with Crippen LogP contribution in [0.5, 0.6) is 0 Å². The van der Waals surface area contributed by atoms with E-state index in [1.165, 1.54) is 4.90 Å². The highest BCUT2D eigenvalue weighted by molar-refractivity contribution is 5.94. The van der Waals surface area contributed by atoms with Gasteiger partial charge >= 0.3 is 12.1 Å². The summed E-state index contributed by atoms with van der Waals surface area (Å²) in [4.78, 5) is 57.0. The number of alkyl carbamates (subject to hydrolysis) is 1. The second-order valence-electron chi connectivity index (χ2n) is 14.2. The molecule has 3 N–H and O–H groups in total. The van der Waals surface area contributed by atoms with Gasteiger partial charge in [0.25, 0.3) is 0 Å². The number of amides is 3. The number of ether oxygens (including phenoxy) is 2. The fourth-order valence-corrected chi connectivity index (χ4v) is 5.42. The number of benzene rings is 3. The van der Waals surface area contributed by atoms with Gasteiger partial charge in [0.2, 0.25) is 11.8 Å². The Hall–Kier alpha value is -4.70. The Balaban J connectivity index is 2.11. The molecule has 0 heterocycles. The molecule has 0 spiro atoms. The van der Waals surface area contributed by atoms with Crippen molar-refractivity contribution in [2.75, 3.05) is 13.2 Å². The van der Waals surface area contributed by atoms with Gasteiger partial charge in [-0.3, -0.25) is 9.59 Å². The maximum atomic E-state index is 14.6. The maximum absolute atomic E-state index is 14.6. The topological polar surface area (TPSA) is 134 Å². The number of aryl methyl sites for hydroxylation is 2. The third-order valence-electron chi connectivity index (χ3n) is 7.47. The first kappa shape index (κ1) is 38.7. The molecule has 3 unspecified atom stereocenters. The molecule has 264 valence electrons. The first-order valence-corrected chi connectivity index (χ1v) is 16.6. The molecule has 0 saturated heterocycles. The Morgan fingerprint density at radius 2 is 1.27 bits per heavy atom. The van der Waals surface area contributed by atoms with E-state index in [0.717, 1.165) is 22.3 Å². The first-order valence-electron chi connectivity index (χ1n) is 16.6. The van der Waals surface area contributed by atoms with Gasteiger partial charge in [-0.2, -0.15) is 0 Å². The molecule has 0 fully saturated rings. The van der Waals surface area contributed by atoms with Gasteiger partial charge in [0, 0.05) is 19.4 Å². The zero-order valence-electron chi connectivity index (χ0n) is 29.9. The molecule has 10 nitrogen and oxygen atoms in total. The molecule has 3 atom stereocenters. The number of nitrogens with one attached hydrogen (secondary N) is 2. The second-order valence-corrected chi connectivity index (χ2v) is 14.2. The minimum atomic E-state index is -1.28. The number of carbonyl (C=O) groups excluding carboxylic acids is 4. The molecular formula is C39H51N3O7. The molecule has 10 heteroatoms. The summed E-state index contributed by atoms with van der Waals surface area (Å²) in [5.74, 6) is -1.88. The van der Waals surface area contributed by atoms with Gasteiger partial charge in [-0.05, 0) is 77.6 Å². The van der Waals surface area contributed by atoms with Crippen molar-refractivity contribution in [3.63, 3.8) is 0 Å². The molecular weight excluding hydrogens is 622 g/mol. The number of rotatable bonds is 13. The van der Waals surface area contributed by atoms with Gasteiger partial charge in [-0.1, -0.05) is 84.4 Å². The Kier molecular flexibility index (Phi) is 13.5. The maximum Gasteiger partial charge on any atom is 0.408 e. The zero-order valence-corrected chi connectivity index (χ0v) is 29.9. The highest BCUT2D eigenvalue weighted by Crippen LogP contribution is 2.27. The molecule has 0 aliphatic heterocycles. The summed E-state index contributed by atoms with van der Waals surface area (Å²) in [6.45, 7) is 13.4. The fourth-order valence-electron chi connectivity index (χ4n) is 5.42. The number of esters is 1. The Bertz CT molecular complexity index is 1560. The molecule has 0 aromatic heterocycles. The zero-order chi connectivity index (χ0) is 36.4. The SMILES string of the molecule is Cc1ccc(C(C(=O)NC(Cc2ccccc2)C(=O)OC(C)(C)C)N(CCO)C(=O)C(Cc2ccccc2)NC(=O)OC(C)(C)C)c(C)c1. The average Bonchev–Trinajstić information content (AvgIpc) is 3.00. The Morgan fingerprint density at radius 3 is 1.76 bits per heavy atom. The number of aliphatic hydroxyl groups is 1. The minimum Gasteiger partial charge on any atom is -0.458 e. The quantitative estimate of drug-likeness (QED) is 0.208. The van der Waals surface area contributed by atoms with E-state index in [0.29, 0.717) is 5.56 Å². The van der Waals surface area contributed by atoms with Crippen molar-refractivity contribution in [1.29, 1.82) is 0 Å². The van der Waals surface area contributed by atoms with Crippen LogP contribution in [0.25, 0.3) is 0 Å². The number of carbonyl (C=O) groups is 4. The molecule has 49 heavy (non-hydrogen) atoms. The van der Waals surface area contributed by atoms with E-state index in [4.69, 9.17) is 9.47 Å². The van der Waals surface area contributed by atoms with Crippen molar-refractivity contribution in [3.8, 4) is 0 Å². The van der Waals surface area contributed by atoms with Crippen LogP contribution in [0.3, 0.4) is 0 Å². The van der Waals surface area contributed by atoms with Crippen LogP contribution in [0, 0.1) is 13.8 Å². The predicted molar refractivity (Wildman–Crippen MR) is 189 cm³/mol. The molecule has 3 aromatic rings. The first-order chi connectivity index (χ1) is 23.0. The summed E-state index contributed by atoms with van der Waals surface area (Å²) in [6, 6.07) is 20.4. The summed E-state index contributed by atoms with van der Waals surface area (Å²) in [5, 5.41) is 15.9. The minimum absolute atomic E-state index is 0.0939. The number of hydrogen-bond acceptors (Lipinski definition) is 7. The van der Waals surface area contributed by atoms with E-state index in [9.17, 15) is 24.3 Å². The second kappa shape index (κ2) is 17.1. The summed E-state index contributed by atoms with van der Waals surface area (Å²) in [5.41, 5.74) is 2.10. The van der Waals surface area contributed by atoms with Crippen LogP contribution >= 0.6 is 0 Å².